The Morgan fingerprint density at radius 3 is 2.58 bits per heavy atom. The summed E-state index contributed by atoms with van der Waals surface area (Å²) < 4.78 is 0. The standard InChI is InChI=1S/C16H23NO2/c18-15(19)11-4-5-12-17-16(14-9-6-10-14)13-7-2-1-3-8-13/h1-3,7-8,14,16-17H,4-6,9-12H2,(H,18,19). The van der Waals surface area contributed by atoms with Gasteiger partial charge in [-0.2, -0.15) is 0 Å². The summed E-state index contributed by atoms with van der Waals surface area (Å²) >= 11 is 0. The Morgan fingerprint density at radius 1 is 1.26 bits per heavy atom. The molecular weight excluding hydrogens is 238 g/mol. The first-order valence-electron chi connectivity index (χ1n) is 7.27. The van der Waals surface area contributed by atoms with Crippen LogP contribution in [0.25, 0.3) is 0 Å². The summed E-state index contributed by atoms with van der Waals surface area (Å²) in [7, 11) is 0. The minimum absolute atomic E-state index is 0.279. The van der Waals surface area contributed by atoms with Gasteiger partial charge in [0.2, 0.25) is 0 Å². The summed E-state index contributed by atoms with van der Waals surface area (Å²) in [6.45, 7) is 0.906. The summed E-state index contributed by atoms with van der Waals surface area (Å²) in [4.78, 5) is 10.5. The van der Waals surface area contributed by atoms with Crippen LogP contribution < -0.4 is 5.32 Å². The van der Waals surface area contributed by atoms with E-state index < -0.39 is 5.97 Å². The fourth-order valence-corrected chi connectivity index (χ4v) is 2.65. The summed E-state index contributed by atoms with van der Waals surface area (Å²) in [5.41, 5.74) is 1.37. The third kappa shape index (κ3) is 4.35. The van der Waals surface area contributed by atoms with Gasteiger partial charge in [0.15, 0.2) is 0 Å². The van der Waals surface area contributed by atoms with Crippen molar-refractivity contribution in [1.29, 1.82) is 0 Å². The molecule has 1 aromatic rings. The number of hydrogen-bond donors (Lipinski definition) is 2. The van der Waals surface area contributed by atoms with Crippen LogP contribution in [0.5, 0.6) is 0 Å². The van der Waals surface area contributed by atoms with Gasteiger partial charge in [-0.25, -0.2) is 0 Å². The lowest BCUT2D eigenvalue weighted by Crippen LogP contribution is -2.32. The van der Waals surface area contributed by atoms with Gasteiger partial charge in [0.25, 0.3) is 0 Å². The molecule has 1 saturated carbocycles. The van der Waals surface area contributed by atoms with Crippen molar-refractivity contribution in [3.63, 3.8) is 0 Å². The number of nitrogens with one attached hydrogen (secondary N) is 1. The molecule has 0 spiro atoms. The lowest BCUT2D eigenvalue weighted by atomic mass is 9.77. The summed E-state index contributed by atoms with van der Waals surface area (Å²) in [5, 5.41) is 12.2. The summed E-state index contributed by atoms with van der Waals surface area (Å²) in [6.07, 6.45) is 5.93. The molecule has 3 nitrogen and oxygen atoms in total. The van der Waals surface area contributed by atoms with Crippen LogP contribution in [0.4, 0.5) is 0 Å². The van der Waals surface area contributed by atoms with E-state index in [0.29, 0.717) is 6.04 Å². The van der Waals surface area contributed by atoms with E-state index >= 15 is 0 Å². The van der Waals surface area contributed by atoms with E-state index in [-0.39, 0.29) is 6.42 Å². The molecule has 19 heavy (non-hydrogen) atoms. The molecule has 0 amide bonds. The Kier molecular flexibility index (Phi) is 5.40. The molecule has 2 N–H and O–H groups in total. The average molecular weight is 261 g/mol. The van der Waals surface area contributed by atoms with Crippen molar-refractivity contribution < 1.29 is 9.90 Å². The number of rotatable bonds is 8. The van der Waals surface area contributed by atoms with E-state index in [1.165, 1.54) is 24.8 Å². The molecule has 1 unspecified atom stereocenters. The predicted molar refractivity (Wildman–Crippen MR) is 76.0 cm³/mol. The Labute approximate surface area is 115 Å². The fraction of sp³-hybridized carbons (Fsp3) is 0.562. The average Bonchev–Trinajstić information content (AvgIpc) is 2.35. The van der Waals surface area contributed by atoms with E-state index in [2.05, 4.69) is 29.6 Å². The first-order valence-corrected chi connectivity index (χ1v) is 7.27. The van der Waals surface area contributed by atoms with E-state index in [9.17, 15) is 4.79 Å². The van der Waals surface area contributed by atoms with Gasteiger partial charge in [0.05, 0.1) is 0 Å². The van der Waals surface area contributed by atoms with Crippen molar-refractivity contribution in [1.82, 2.24) is 5.32 Å². The highest BCUT2D eigenvalue weighted by Crippen LogP contribution is 2.37. The lowest BCUT2D eigenvalue weighted by molar-refractivity contribution is -0.137. The molecule has 0 heterocycles. The quantitative estimate of drug-likeness (QED) is 0.705. The summed E-state index contributed by atoms with van der Waals surface area (Å²) in [6, 6.07) is 11.1. The molecule has 0 bridgehead atoms. The van der Waals surface area contributed by atoms with Gasteiger partial charge < -0.3 is 10.4 Å². The number of carboxylic acids is 1. The van der Waals surface area contributed by atoms with Gasteiger partial charge in [-0.15, -0.1) is 0 Å². The Hall–Kier alpha value is -1.35. The highest BCUT2D eigenvalue weighted by molar-refractivity contribution is 5.66. The maximum Gasteiger partial charge on any atom is 0.303 e. The van der Waals surface area contributed by atoms with Crippen molar-refractivity contribution in [2.75, 3.05) is 6.54 Å². The van der Waals surface area contributed by atoms with Crippen molar-refractivity contribution in [2.45, 2.75) is 44.6 Å². The number of carbonyl (C=O) groups is 1. The third-order valence-corrected chi connectivity index (χ3v) is 3.96. The molecule has 0 aliphatic heterocycles. The summed E-state index contributed by atoms with van der Waals surface area (Å²) in [5.74, 6) is 0.0560. The zero-order valence-electron chi connectivity index (χ0n) is 11.3. The molecule has 1 aliphatic rings. The minimum Gasteiger partial charge on any atom is -0.481 e. The largest absolute Gasteiger partial charge is 0.481 e. The maximum absolute atomic E-state index is 10.5. The lowest BCUT2D eigenvalue weighted by Gasteiger charge is -2.35. The SMILES string of the molecule is O=C(O)CCCCNC(c1ccccc1)C1CCC1. The number of carboxylic acid groups (broad SMARTS) is 1. The zero-order valence-corrected chi connectivity index (χ0v) is 11.3. The van der Waals surface area contributed by atoms with Crippen LogP contribution in [0.2, 0.25) is 0 Å². The van der Waals surface area contributed by atoms with Gasteiger partial charge >= 0.3 is 5.97 Å². The van der Waals surface area contributed by atoms with Gasteiger partial charge in [-0.1, -0.05) is 36.8 Å². The second kappa shape index (κ2) is 7.29. The fourth-order valence-electron chi connectivity index (χ4n) is 2.65. The zero-order chi connectivity index (χ0) is 13.5. The molecule has 0 radical (unpaired) electrons. The molecule has 104 valence electrons. The van der Waals surface area contributed by atoms with Crippen LogP contribution >= 0.6 is 0 Å². The van der Waals surface area contributed by atoms with Crippen molar-refractivity contribution in [2.24, 2.45) is 5.92 Å². The van der Waals surface area contributed by atoms with Gasteiger partial charge in [-0.05, 0) is 43.7 Å². The van der Waals surface area contributed by atoms with E-state index in [4.69, 9.17) is 5.11 Å². The predicted octanol–water partition coefficient (Wildman–Crippen LogP) is 3.37. The molecule has 1 aromatic carbocycles. The van der Waals surface area contributed by atoms with Crippen LogP contribution in [-0.2, 0) is 4.79 Å². The first kappa shape index (κ1) is 14.1. The molecule has 1 fully saturated rings. The number of benzene rings is 1. The van der Waals surface area contributed by atoms with Crippen LogP contribution in [-0.4, -0.2) is 17.6 Å². The van der Waals surface area contributed by atoms with E-state index in [1.54, 1.807) is 0 Å². The molecule has 1 atom stereocenters. The second-order valence-corrected chi connectivity index (χ2v) is 5.38. The first-order chi connectivity index (χ1) is 9.27. The van der Waals surface area contributed by atoms with Crippen LogP contribution in [0.15, 0.2) is 30.3 Å². The Bertz CT molecular complexity index is 387. The molecule has 0 aromatic heterocycles. The van der Waals surface area contributed by atoms with Gasteiger partial charge in [-0.3, -0.25) is 4.79 Å². The second-order valence-electron chi connectivity index (χ2n) is 5.38. The van der Waals surface area contributed by atoms with Crippen LogP contribution in [0.3, 0.4) is 0 Å². The van der Waals surface area contributed by atoms with Gasteiger partial charge in [0, 0.05) is 12.5 Å². The van der Waals surface area contributed by atoms with Crippen LogP contribution in [0.1, 0.15) is 50.1 Å². The third-order valence-electron chi connectivity index (χ3n) is 3.96. The van der Waals surface area contributed by atoms with Crippen molar-refractivity contribution in [3.8, 4) is 0 Å². The van der Waals surface area contributed by atoms with Crippen LogP contribution in [0, 0.1) is 5.92 Å². The topological polar surface area (TPSA) is 49.3 Å². The molecule has 1 aliphatic carbocycles. The minimum atomic E-state index is -0.696. The molecule has 0 saturated heterocycles. The van der Waals surface area contributed by atoms with Crippen molar-refractivity contribution in [3.05, 3.63) is 35.9 Å². The highest BCUT2D eigenvalue weighted by Gasteiger charge is 2.27. The Balaban J connectivity index is 1.80. The number of hydrogen-bond acceptors (Lipinski definition) is 2. The molecule has 3 heteroatoms. The van der Waals surface area contributed by atoms with Crippen molar-refractivity contribution >= 4 is 5.97 Å². The normalized spacial score (nSPS) is 16.8. The van der Waals surface area contributed by atoms with E-state index in [0.717, 1.165) is 25.3 Å². The number of aliphatic carboxylic acids is 1. The molecule has 2 rings (SSSR count). The van der Waals surface area contributed by atoms with E-state index in [1.807, 2.05) is 6.07 Å². The van der Waals surface area contributed by atoms with Gasteiger partial charge in [0.1, 0.15) is 0 Å². The monoisotopic (exact) mass is 261 g/mol. The smallest absolute Gasteiger partial charge is 0.303 e. The maximum atomic E-state index is 10.5. The molecular formula is C16H23NO2. The Morgan fingerprint density at radius 2 is 2.00 bits per heavy atom. The highest BCUT2D eigenvalue weighted by atomic mass is 16.4. The number of unbranched alkanes of at least 4 members (excludes halogenated alkanes) is 1.